The Hall–Kier alpha value is -4.51. The molecule has 1 amide bonds. The van der Waals surface area contributed by atoms with E-state index in [-0.39, 0.29) is 28.5 Å². The van der Waals surface area contributed by atoms with Crippen LogP contribution in [0.4, 0.5) is 5.69 Å². The van der Waals surface area contributed by atoms with Crippen molar-refractivity contribution in [3.05, 3.63) is 76.9 Å². The number of aliphatic carboxylic acids is 1. The van der Waals surface area contributed by atoms with Crippen molar-refractivity contribution in [3.63, 3.8) is 0 Å². The normalized spacial score (nSPS) is 17.6. The number of aromatic hydroxyl groups is 2. The number of anilines is 1. The van der Waals surface area contributed by atoms with Crippen LogP contribution < -0.4 is 10.1 Å². The summed E-state index contributed by atoms with van der Waals surface area (Å²) in [4.78, 5) is 48.9. The first kappa shape index (κ1) is 24.2. The molecule has 0 aliphatic carbocycles. The predicted molar refractivity (Wildman–Crippen MR) is 131 cm³/mol. The van der Waals surface area contributed by atoms with Crippen LogP contribution in [-0.4, -0.2) is 43.5 Å². The Morgan fingerprint density at radius 3 is 2.49 bits per heavy atom. The molecule has 188 valence electrons. The highest BCUT2D eigenvalue weighted by atomic mass is 32.2. The summed E-state index contributed by atoms with van der Waals surface area (Å²) in [6, 6.07) is 13.8. The van der Waals surface area contributed by atoms with Crippen LogP contribution in [0, 0.1) is 0 Å². The van der Waals surface area contributed by atoms with E-state index in [4.69, 9.17) is 9.47 Å². The number of carboxylic acids is 1. The van der Waals surface area contributed by atoms with E-state index < -0.39 is 46.0 Å². The molecular formula is C26H19NO9S. The summed E-state index contributed by atoms with van der Waals surface area (Å²) < 4.78 is 12.0. The standard InChI is InChI=1S/C26H19NO9S/c1-12(28)37-20(11-21(31)32)24(33)27-22-18(30)9-8-17-23(22)35-19-10-13(29)6-7-16(19)26(17)15-5-3-2-4-14(15)25(34)36-26/h2-10,20,29-30H,11H2,1H3,(H,27,33)(H,31,32). The molecule has 2 atom stereocenters. The topological polar surface area (TPSA) is 159 Å². The van der Waals surface area contributed by atoms with Crippen molar-refractivity contribution in [2.45, 2.75) is 24.2 Å². The molecule has 1 spiro atoms. The fourth-order valence-electron chi connectivity index (χ4n) is 4.59. The molecule has 0 saturated carbocycles. The van der Waals surface area contributed by atoms with Gasteiger partial charge in [-0.25, -0.2) is 4.79 Å². The molecule has 37 heavy (non-hydrogen) atoms. The lowest BCUT2D eigenvalue weighted by atomic mass is 9.77. The minimum absolute atomic E-state index is 0.0714. The van der Waals surface area contributed by atoms with Gasteiger partial charge in [0.25, 0.3) is 0 Å². The molecule has 2 heterocycles. The van der Waals surface area contributed by atoms with Crippen LogP contribution in [-0.2, 0) is 24.7 Å². The van der Waals surface area contributed by atoms with E-state index in [0.29, 0.717) is 28.5 Å². The van der Waals surface area contributed by atoms with Crippen molar-refractivity contribution in [2.75, 3.05) is 5.32 Å². The highest BCUT2D eigenvalue weighted by Gasteiger charge is 2.54. The molecule has 5 rings (SSSR count). The lowest BCUT2D eigenvalue weighted by molar-refractivity contribution is -0.138. The summed E-state index contributed by atoms with van der Waals surface area (Å²) in [6.07, 6.45) is -0.641. The Morgan fingerprint density at radius 1 is 1.03 bits per heavy atom. The summed E-state index contributed by atoms with van der Waals surface area (Å²) in [6.45, 7) is 1.21. The van der Waals surface area contributed by atoms with Gasteiger partial charge >= 0.3 is 11.9 Å². The van der Waals surface area contributed by atoms with Gasteiger partial charge in [0.15, 0.2) is 16.5 Å². The maximum atomic E-state index is 13.0. The first-order valence-electron chi connectivity index (χ1n) is 11.0. The largest absolute Gasteiger partial charge is 0.508 e. The van der Waals surface area contributed by atoms with Crippen molar-refractivity contribution in [1.29, 1.82) is 0 Å². The second-order valence-electron chi connectivity index (χ2n) is 8.42. The van der Waals surface area contributed by atoms with Gasteiger partial charge in [-0.1, -0.05) is 30.0 Å². The number of hydrogen-bond donors (Lipinski definition) is 4. The van der Waals surface area contributed by atoms with Gasteiger partial charge < -0.3 is 30.1 Å². The van der Waals surface area contributed by atoms with E-state index in [1.165, 1.54) is 31.2 Å². The monoisotopic (exact) mass is 521 g/mol. The van der Waals surface area contributed by atoms with Crippen molar-refractivity contribution < 1.29 is 44.0 Å². The zero-order valence-electron chi connectivity index (χ0n) is 19.2. The molecule has 0 fully saturated rings. The fourth-order valence-corrected chi connectivity index (χ4v) is 5.38. The van der Waals surface area contributed by atoms with Gasteiger partial charge in [0.1, 0.15) is 28.2 Å². The molecule has 2 unspecified atom stereocenters. The summed E-state index contributed by atoms with van der Waals surface area (Å²) in [5.41, 5.74) is -0.230. The van der Waals surface area contributed by atoms with Crippen molar-refractivity contribution in [3.8, 4) is 23.0 Å². The Balaban J connectivity index is 1.69. The Bertz CT molecular complexity index is 1490. The van der Waals surface area contributed by atoms with Crippen LogP contribution in [0.15, 0.2) is 54.6 Å². The van der Waals surface area contributed by atoms with Crippen LogP contribution in [0.1, 0.15) is 40.4 Å². The summed E-state index contributed by atoms with van der Waals surface area (Å²) in [5.74, 6) is -3.25. The number of carbonyl (C=O) groups is 4. The van der Waals surface area contributed by atoms with Crippen LogP contribution >= 0.6 is 11.8 Å². The van der Waals surface area contributed by atoms with Gasteiger partial charge in [-0.15, -0.1) is 0 Å². The van der Waals surface area contributed by atoms with E-state index in [1.807, 2.05) is 0 Å². The Kier molecular flexibility index (Phi) is 5.79. The third kappa shape index (κ3) is 3.93. The molecule has 3 aromatic rings. The van der Waals surface area contributed by atoms with Gasteiger partial charge in [-0.3, -0.25) is 14.4 Å². The minimum Gasteiger partial charge on any atom is -0.508 e. The van der Waals surface area contributed by atoms with Gasteiger partial charge in [0.05, 0.1) is 17.5 Å². The van der Waals surface area contributed by atoms with Gasteiger partial charge in [0, 0.05) is 24.1 Å². The number of fused-ring (bicyclic) bond motifs is 6. The Morgan fingerprint density at radius 2 is 1.76 bits per heavy atom. The van der Waals surface area contributed by atoms with E-state index in [9.17, 15) is 34.5 Å². The highest BCUT2D eigenvalue weighted by molar-refractivity contribution is 8.14. The number of benzene rings is 3. The van der Waals surface area contributed by atoms with Gasteiger partial charge in [0.2, 0.25) is 5.91 Å². The molecule has 0 saturated heterocycles. The molecule has 0 aromatic heterocycles. The molecule has 10 nitrogen and oxygen atoms in total. The second kappa shape index (κ2) is 8.86. The molecule has 2 aliphatic heterocycles. The Labute approximate surface area is 213 Å². The van der Waals surface area contributed by atoms with Crippen LogP contribution in [0.5, 0.6) is 23.0 Å². The molecule has 0 radical (unpaired) electrons. The number of thioether (sulfide) groups is 1. The first-order chi connectivity index (χ1) is 17.6. The number of rotatable bonds is 5. The van der Waals surface area contributed by atoms with Crippen LogP contribution in [0.3, 0.4) is 0 Å². The van der Waals surface area contributed by atoms with E-state index in [2.05, 4.69) is 5.32 Å². The maximum absolute atomic E-state index is 13.0. The number of ether oxygens (including phenoxy) is 2. The lowest BCUT2D eigenvalue weighted by Crippen LogP contribution is -2.34. The molecular weight excluding hydrogens is 502 g/mol. The number of carboxylic acid groups (broad SMARTS) is 1. The molecule has 2 aliphatic rings. The zero-order chi connectivity index (χ0) is 26.5. The van der Waals surface area contributed by atoms with Gasteiger partial charge in [-0.05, 0) is 30.3 Å². The molecule has 11 heteroatoms. The number of phenols is 2. The lowest BCUT2D eigenvalue weighted by Gasteiger charge is -2.37. The number of carbonyl (C=O) groups excluding carboxylic acids is 3. The van der Waals surface area contributed by atoms with Crippen LogP contribution in [0.25, 0.3) is 0 Å². The van der Waals surface area contributed by atoms with E-state index >= 15 is 0 Å². The van der Waals surface area contributed by atoms with Crippen molar-refractivity contribution >= 4 is 40.4 Å². The summed E-state index contributed by atoms with van der Waals surface area (Å²) >= 11 is 0.542. The molecule has 3 aromatic carbocycles. The van der Waals surface area contributed by atoms with Gasteiger partial charge in [-0.2, -0.15) is 0 Å². The second-order valence-corrected chi connectivity index (χ2v) is 9.80. The third-order valence-electron chi connectivity index (χ3n) is 6.05. The fraction of sp³-hybridized carbons (Fsp3) is 0.154. The number of amides is 1. The quantitative estimate of drug-likeness (QED) is 0.288. The average molecular weight is 522 g/mol. The van der Waals surface area contributed by atoms with E-state index in [1.54, 1.807) is 30.3 Å². The number of phenolic OH excluding ortho intramolecular Hbond substituents is 2. The number of esters is 1. The third-order valence-corrected chi connectivity index (χ3v) is 7.05. The zero-order valence-corrected chi connectivity index (χ0v) is 20.0. The molecule has 4 N–H and O–H groups in total. The minimum atomic E-state index is -1.52. The average Bonchev–Trinajstić information content (AvgIpc) is 3.13. The predicted octanol–water partition coefficient (Wildman–Crippen LogP) is 3.73. The number of nitrogens with one attached hydrogen (secondary N) is 1. The summed E-state index contributed by atoms with van der Waals surface area (Å²) in [5, 5.41) is 30.8. The highest BCUT2D eigenvalue weighted by Crippen LogP contribution is 2.59. The SMILES string of the molecule is CC(=O)SC(CC(=O)O)C(=O)Nc1c(O)ccc2c1Oc1cc(O)ccc1C21OC(=O)c2ccccc21. The maximum Gasteiger partial charge on any atom is 0.340 e. The first-order valence-corrected chi connectivity index (χ1v) is 11.9. The van der Waals surface area contributed by atoms with Crippen LogP contribution in [0.2, 0.25) is 0 Å². The van der Waals surface area contributed by atoms with Crippen molar-refractivity contribution in [2.24, 2.45) is 0 Å². The summed E-state index contributed by atoms with van der Waals surface area (Å²) in [7, 11) is 0. The van der Waals surface area contributed by atoms with Crippen molar-refractivity contribution in [1.82, 2.24) is 0 Å². The smallest absolute Gasteiger partial charge is 0.340 e. The van der Waals surface area contributed by atoms with E-state index in [0.717, 1.165) is 0 Å². The molecule has 0 bridgehead atoms. The number of hydrogen-bond acceptors (Lipinski definition) is 9.